The first-order chi connectivity index (χ1) is 16.2. The first-order valence-corrected chi connectivity index (χ1v) is 14.5. The van der Waals surface area contributed by atoms with Crippen LogP contribution in [0.1, 0.15) is 58.9 Å². The Morgan fingerprint density at radius 1 is 1.14 bits per heavy atom. The fourth-order valence-electron chi connectivity index (χ4n) is 5.00. The maximum atomic E-state index is 14.5. The lowest BCUT2D eigenvalue weighted by molar-refractivity contribution is -0.118. The lowest BCUT2D eigenvalue weighted by Crippen LogP contribution is -2.54. The molecule has 35 heavy (non-hydrogen) atoms. The molecule has 3 rings (SSSR count). The minimum Gasteiger partial charge on any atom is -0.598 e. The standard InChI is InChI=1S/C23H34F3N3O4S2/c1-14(30)27-7-8-35(32,33)29-17-5-6-18(29)10-16(9-17)22(28-34(31)23(2,3)4)12-15-11-20(25)21(26)13-19(15)24/h11,13,16-18,22,28H,5-10,12H2,1-4H3,(H,27,30)/t16-,17-,18+,22-,34?/m0/s1. The van der Waals surface area contributed by atoms with Gasteiger partial charge in [0.05, 0.1) is 11.8 Å². The highest BCUT2D eigenvalue weighted by molar-refractivity contribution is 7.90. The Morgan fingerprint density at radius 3 is 2.26 bits per heavy atom. The maximum absolute atomic E-state index is 14.5. The Hall–Kier alpha value is -1.34. The number of nitrogens with zero attached hydrogens (tertiary/aromatic N) is 1. The molecule has 0 aliphatic carbocycles. The maximum Gasteiger partial charge on any atom is 0.216 e. The van der Waals surface area contributed by atoms with E-state index in [1.807, 2.05) is 0 Å². The molecule has 0 radical (unpaired) electrons. The topological polar surface area (TPSA) is 102 Å². The van der Waals surface area contributed by atoms with Crippen molar-refractivity contribution in [1.82, 2.24) is 14.3 Å². The highest BCUT2D eigenvalue weighted by Gasteiger charge is 2.49. The van der Waals surface area contributed by atoms with Gasteiger partial charge in [-0.15, -0.1) is 4.72 Å². The van der Waals surface area contributed by atoms with Crippen molar-refractivity contribution in [2.45, 2.75) is 82.7 Å². The van der Waals surface area contributed by atoms with Gasteiger partial charge in [0, 0.05) is 43.0 Å². The second kappa shape index (κ2) is 11.0. The molecule has 1 aromatic rings. The molecule has 2 heterocycles. The van der Waals surface area contributed by atoms with Crippen LogP contribution < -0.4 is 10.0 Å². The van der Waals surface area contributed by atoms with E-state index >= 15 is 0 Å². The van der Waals surface area contributed by atoms with Crippen LogP contribution in [-0.4, -0.2) is 58.4 Å². The van der Waals surface area contributed by atoms with Crippen molar-refractivity contribution in [2.75, 3.05) is 12.3 Å². The Labute approximate surface area is 208 Å². The molecule has 0 spiro atoms. The van der Waals surface area contributed by atoms with Gasteiger partial charge >= 0.3 is 0 Å². The summed E-state index contributed by atoms with van der Waals surface area (Å²) in [5.41, 5.74) is -0.0231. The number of hydrogen-bond donors (Lipinski definition) is 2. The van der Waals surface area contributed by atoms with Crippen molar-refractivity contribution in [3.63, 3.8) is 0 Å². The van der Waals surface area contributed by atoms with Crippen LogP contribution in [0.25, 0.3) is 0 Å². The summed E-state index contributed by atoms with van der Waals surface area (Å²) in [5.74, 6) is -3.94. The average molecular weight is 538 g/mol. The monoisotopic (exact) mass is 537 g/mol. The third-order valence-electron chi connectivity index (χ3n) is 6.67. The van der Waals surface area contributed by atoms with Crippen molar-refractivity contribution >= 4 is 27.3 Å². The number of sulfonamides is 1. The van der Waals surface area contributed by atoms with Crippen LogP contribution >= 0.6 is 0 Å². The molecule has 12 heteroatoms. The van der Waals surface area contributed by atoms with Gasteiger partial charge in [0.15, 0.2) is 11.6 Å². The number of rotatable bonds is 9. The van der Waals surface area contributed by atoms with E-state index in [4.69, 9.17) is 0 Å². The van der Waals surface area contributed by atoms with Crippen LogP contribution in [0.5, 0.6) is 0 Å². The fourth-order valence-corrected chi connectivity index (χ4v) is 7.76. The van der Waals surface area contributed by atoms with E-state index in [1.165, 1.54) is 6.92 Å². The molecule has 198 valence electrons. The van der Waals surface area contributed by atoms with E-state index in [1.54, 1.807) is 25.1 Å². The van der Waals surface area contributed by atoms with Crippen molar-refractivity contribution in [3.8, 4) is 0 Å². The van der Waals surface area contributed by atoms with E-state index in [0.717, 1.165) is 6.07 Å². The third kappa shape index (κ3) is 6.91. The highest BCUT2D eigenvalue weighted by Crippen LogP contribution is 2.42. The number of carbonyl (C=O) groups is 1. The Balaban J connectivity index is 1.81. The minimum absolute atomic E-state index is 0.00968. The van der Waals surface area contributed by atoms with Gasteiger partial charge in [-0.3, -0.25) is 4.79 Å². The molecule has 0 saturated carbocycles. The minimum atomic E-state index is -3.60. The lowest BCUT2D eigenvalue weighted by Gasteiger charge is -2.41. The Kier molecular flexibility index (Phi) is 8.84. The molecule has 0 aromatic heterocycles. The molecule has 2 fully saturated rings. The first kappa shape index (κ1) is 28.2. The van der Waals surface area contributed by atoms with Crippen LogP contribution in [0, 0.1) is 23.4 Å². The van der Waals surface area contributed by atoms with Gasteiger partial charge in [0.1, 0.15) is 10.6 Å². The van der Waals surface area contributed by atoms with Gasteiger partial charge in [-0.2, -0.15) is 4.31 Å². The van der Waals surface area contributed by atoms with Crippen molar-refractivity contribution in [3.05, 3.63) is 35.1 Å². The summed E-state index contributed by atoms with van der Waals surface area (Å²) in [4.78, 5) is 11.1. The lowest BCUT2D eigenvalue weighted by atomic mass is 9.83. The highest BCUT2D eigenvalue weighted by atomic mass is 32.2. The van der Waals surface area contributed by atoms with Gasteiger partial charge < -0.3 is 9.87 Å². The number of amides is 1. The molecule has 2 N–H and O–H groups in total. The predicted octanol–water partition coefficient (Wildman–Crippen LogP) is 2.78. The molecule has 5 atom stereocenters. The molecule has 2 saturated heterocycles. The van der Waals surface area contributed by atoms with Crippen molar-refractivity contribution in [1.29, 1.82) is 0 Å². The molecule has 1 amide bonds. The van der Waals surface area contributed by atoms with Crippen LogP contribution in [0.3, 0.4) is 0 Å². The molecular weight excluding hydrogens is 503 g/mol. The summed E-state index contributed by atoms with van der Waals surface area (Å²) >= 11 is -1.51. The molecular formula is C23H34F3N3O4S2. The summed E-state index contributed by atoms with van der Waals surface area (Å²) in [5, 5.41) is 2.51. The van der Waals surface area contributed by atoms with Gasteiger partial charge in [-0.1, -0.05) is 0 Å². The summed E-state index contributed by atoms with van der Waals surface area (Å²) in [6.45, 7) is 6.73. The number of hydrogen-bond acceptors (Lipinski definition) is 5. The Bertz CT molecular complexity index is 1020. The van der Waals surface area contributed by atoms with E-state index in [2.05, 4.69) is 10.0 Å². The van der Waals surface area contributed by atoms with Gasteiger partial charge in [0.25, 0.3) is 0 Å². The predicted molar refractivity (Wildman–Crippen MR) is 129 cm³/mol. The van der Waals surface area contributed by atoms with Crippen molar-refractivity contribution < 1.29 is 30.9 Å². The number of benzene rings is 1. The van der Waals surface area contributed by atoms with Gasteiger partial charge in [0.2, 0.25) is 15.9 Å². The largest absolute Gasteiger partial charge is 0.598 e. The quantitative estimate of drug-likeness (QED) is 0.373. The smallest absolute Gasteiger partial charge is 0.216 e. The second-order valence-corrected chi connectivity index (χ2v) is 14.4. The molecule has 1 unspecified atom stereocenters. The SMILES string of the molecule is CC(=O)NCCS(=O)(=O)N1[C@@H]2CC[C@H]1C[C@H]([C@H](Cc1cc(F)c(F)cc1F)N[S+]([O-])C(C)(C)C)C2. The number of carbonyl (C=O) groups excluding carboxylic acids is 1. The van der Waals surface area contributed by atoms with Gasteiger partial charge in [-0.05, 0) is 70.4 Å². The van der Waals surface area contributed by atoms with E-state index < -0.39 is 49.6 Å². The molecule has 2 bridgehead atoms. The summed E-state index contributed by atoms with van der Waals surface area (Å²) in [6, 6.07) is 0.291. The normalized spacial score (nSPS) is 24.9. The number of fused-ring (bicyclic) bond motifs is 2. The van der Waals surface area contributed by atoms with Crippen LogP contribution in [-0.2, 0) is 32.6 Å². The van der Waals surface area contributed by atoms with E-state index in [0.29, 0.717) is 31.7 Å². The average Bonchev–Trinajstić information content (AvgIpc) is 3.01. The summed E-state index contributed by atoms with van der Waals surface area (Å²) in [6.07, 6.45) is 2.29. The summed E-state index contributed by atoms with van der Waals surface area (Å²) < 4.78 is 84.7. The zero-order valence-electron chi connectivity index (χ0n) is 20.4. The first-order valence-electron chi connectivity index (χ1n) is 11.8. The number of halogens is 3. The van der Waals surface area contributed by atoms with Gasteiger partial charge in [-0.25, -0.2) is 21.6 Å². The number of nitrogens with one attached hydrogen (secondary N) is 2. The zero-order valence-corrected chi connectivity index (χ0v) is 22.1. The van der Waals surface area contributed by atoms with Crippen LogP contribution in [0.15, 0.2) is 12.1 Å². The zero-order chi connectivity index (χ0) is 26.1. The molecule has 2 aliphatic heterocycles. The third-order valence-corrected chi connectivity index (χ3v) is 10.3. The Morgan fingerprint density at radius 2 is 1.71 bits per heavy atom. The van der Waals surface area contributed by atoms with Crippen molar-refractivity contribution in [2.24, 2.45) is 5.92 Å². The fraction of sp³-hybridized carbons (Fsp3) is 0.696. The molecule has 7 nitrogen and oxygen atoms in total. The number of piperidine rings is 1. The molecule has 2 aliphatic rings. The van der Waals surface area contributed by atoms with Crippen LogP contribution in [0.2, 0.25) is 0 Å². The van der Waals surface area contributed by atoms with E-state index in [-0.39, 0.29) is 48.2 Å². The summed E-state index contributed by atoms with van der Waals surface area (Å²) in [7, 11) is -3.60. The van der Waals surface area contributed by atoms with E-state index in [9.17, 15) is 30.9 Å². The van der Waals surface area contributed by atoms with Crippen LogP contribution in [0.4, 0.5) is 13.2 Å². The second-order valence-electron chi connectivity index (χ2n) is 10.4. The molecule has 1 aromatic carbocycles.